The molecule has 1 aromatic carbocycles. The second kappa shape index (κ2) is 7.08. The first-order valence-corrected chi connectivity index (χ1v) is 7.10. The molecule has 6 heteroatoms. The Morgan fingerprint density at radius 1 is 1.38 bits per heavy atom. The van der Waals surface area contributed by atoms with Crippen molar-refractivity contribution in [2.75, 3.05) is 20.1 Å². The summed E-state index contributed by atoms with van der Waals surface area (Å²) >= 11 is 0. The van der Waals surface area contributed by atoms with Crippen LogP contribution in [0.25, 0.3) is 0 Å². The molecule has 0 radical (unpaired) electrons. The molecule has 6 nitrogen and oxygen atoms in total. The third-order valence-electron chi connectivity index (χ3n) is 3.83. The Labute approximate surface area is 124 Å². The number of likely N-dealkylation sites (N-methyl/N-ethyl adjacent to an activating group) is 1. The smallest absolute Gasteiger partial charge is 0.330 e. The van der Waals surface area contributed by atoms with E-state index in [0.29, 0.717) is 18.2 Å². The molecule has 3 N–H and O–H groups in total. The third-order valence-corrected chi connectivity index (χ3v) is 3.83. The largest absolute Gasteiger partial charge is 0.479 e. The van der Waals surface area contributed by atoms with Gasteiger partial charge < -0.3 is 20.6 Å². The predicted octanol–water partition coefficient (Wildman–Crippen LogP) is 1.21. The van der Waals surface area contributed by atoms with E-state index >= 15 is 0 Å². The van der Waals surface area contributed by atoms with E-state index in [1.54, 1.807) is 30.3 Å². The van der Waals surface area contributed by atoms with Crippen LogP contribution in [0.2, 0.25) is 0 Å². The summed E-state index contributed by atoms with van der Waals surface area (Å²) < 4.78 is 0. The van der Waals surface area contributed by atoms with Gasteiger partial charge in [0, 0.05) is 12.6 Å². The molecule has 2 atom stereocenters. The summed E-state index contributed by atoms with van der Waals surface area (Å²) in [5.74, 6) is -1.07. The highest BCUT2D eigenvalue weighted by Gasteiger charge is 2.24. The van der Waals surface area contributed by atoms with Crippen molar-refractivity contribution in [1.82, 2.24) is 15.5 Å². The van der Waals surface area contributed by atoms with E-state index in [1.807, 2.05) is 7.05 Å². The zero-order chi connectivity index (χ0) is 15.2. The molecule has 1 fully saturated rings. The van der Waals surface area contributed by atoms with Gasteiger partial charge in [-0.3, -0.25) is 0 Å². The Balaban J connectivity index is 1.88. The van der Waals surface area contributed by atoms with Crippen LogP contribution >= 0.6 is 0 Å². The molecule has 0 bridgehead atoms. The monoisotopic (exact) mass is 291 g/mol. The number of amides is 2. The van der Waals surface area contributed by atoms with E-state index in [2.05, 4.69) is 15.5 Å². The fourth-order valence-electron chi connectivity index (χ4n) is 2.56. The van der Waals surface area contributed by atoms with Crippen molar-refractivity contribution < 1.29 is 14.7 Å². The first kappa shape index (κ1) is 15.3. The number of nitrogens with zero attached hydrogens (tertiary/aromatic N) is 1. The number of hydrogen-bond donors (Lipinski definition) is 3. The molecular weight excluding hydrogens is 270 g/mol. The number of aliphatic carboxylic acids is 1. The average molecular weight is 291 g/mol. The molecule has 2 rings (SSSR count). The van der Waals surface area contributed by atoms with E-state index in [-0.39, 0.29) is 0 Å². The molecule has 21 heavy (non-hydrogen) atoms. The maximum atomic E-state index is 11.9. The lowest BCUT2D eigenvalue weighted by Gasteiger charge is -2.21. The van der Waals surface area contributed by atoms with Crippen molar-refractivity contribution in [2.24, 2.45) is 0 Å². The normalized spacial score (nSPS) is 20.0. The Hall–Kier alpha value is -2.08. The van der Waals surface area contributed by atoms with E-state index in [4.69, 9.17) is 0 Å². The van der Waals surface area contributed by atoms with Crippen LogP contribution < -0.4 is 10.6 Å². The summed E-state index contributed by atoms with van der Waals surface area (Å²) in [4.78, 5) is 25.4. The van der Waals surface area contributed by atoms with Gasteiger partial charge in [-0.1, -0.05) is 30.3 Å². The van der Waals surface area contributed by atoms with Crippen LogP contribution in [0.5, 0.6) is 0 Å². The minimum absolute atomic E-state index is 0.329. The number of carbonyl (C=O) groups excluding carboxylic acids is 1. The highest BCUT2D eigenvalue weighted by atomic mass is 16.4. The molecule has 1 aliphatic heterocycles. The van der Waals surface area contributed by atoms with Gasteiger partial charge in [0.1, 0.15) is 0 Å². The van der Waals surface area contributed by atoms with Crippen molar-refractivity contribution >= 4 is 12.0 Å². The van der Waals surface area contributed by atoms with Crippen molar-refractivity contribution in [3.63, 3.8) is 0 Å². The zero-order valence-corrected chi connectivity index (χ0v) is 12.1. The number of likely N-dealkylation sites (tertiary alicyclic amines) is 1. The van der Waals surface area contributed by atoms with Gasteiger partial charge in [0.05, 0.1) is 0 Å². The molecule has 0 aliphatic carbocycles. The van der Waals surface area contributed by atoms with Crippen LogP contribution in [0.1, 0.15) is 24.4 Å². The van der Waals surface area contributed by atoms with E-state index < -0.39 is 18.0 Å². The molecule has 1 aromatic rings. The highest BCUT2D eigenvalue weighted by molar-refractivity contribution is 5.83. The van der Waals surface area contributed by atoms with Crippen LogP contribution in [0, 0.1) is 0 Å². The Morgan fingerprint density at radius 3 is 2.67 bits per heavy atom. The van der Waals surface area contributed by atoms with Crippen molar-refractivity contribution in [3.05, 3.63) is 35.9 Å². The second-order valence-electron chi connectivity index (χ2n) is 5.31. The summed E-state index contributed by atoms with van der Waals surface area (Å²) in [7, 11) is 2.03. The quantitative estimate of drug-likeness (QED) is 0.761. The molecule has 1 aliphatic rings. The summed E-state index contributed by atoms with van der Waals surface area (Å²) in [5.41, 5.74) is 0.554. The zero-order valence-electron chi connectivity index (χ0n) is 12.1. The van der Waals surface area contributed by atoms with Crippen molar-refractivity contribution in [1.29, 1.82) is 0 Å². The van der Waals surface area contributed by atoms with Crippen LogP contribution in [0.4, 0.5) is 4.79 Å². The third kappa shape index (κ3) is 4.19. The summed E-state index contributed by atoms with van der Waals surface area (Å²) in [6.07, 6.45) is 2.18. The van der Waals surface area contributed by atoms with Gasteiger partial charge in [-0.25, -0.2) is 9.59 Å². The van der Waals surface area contributed by atoms with Gasteiger partial charge in [-0.05, 0) is 32.0 Å². The van der Waals surface area contributed by atoms with Crippen molar-refractivity contribution in [3.8, 4) is 0 Å². The summed E-state index contributed by atoms with van der Waals surface area (Å²) in [6, 6.07) is 7.51. The molecule has 114 valence electrons. The molecule has 1 heterocycles. The minimum Gasteiger partial charge on any atom is -0.479 e. The van der Waals surface area contributed by atoms with Gasteiger partial charge in [0.2, 0.25) is 0 Å². The maximum Gasteiger partial charge on any atom is 0.330 e. The first-order chi connectivity index (χ1) is 10.1. The average Bonchev–Trinajstić information content (AvgIpc) is 2.88. The predicted molar refractivity (Wildman–Crippen MR) is 79.0 cm³/mol. The number of urea groups is 1. The highest BCUT2D eigenvalue weighted by Crippen LogP contribution is 2.14. The van der Waals surface area contributed by atoms with Gasteiger partial charge >= 0.3 is 12.0 Å². The van der Waals surface area contributed by atoms with E-state index in [9.17, 15) is 14.7 Å². The minimum atomic E-state index is -1.07. The Morgan fingerprint density at radius 2 is 2.10 bits per heavy atom. The number of hydrogen-bond acceptors (Lipinski definition) is 3. The molecule has 1 saturated heterocycles. The van der Waals surface area contributed by atoms with Crippen LogP contribution in [0.15, 0.2) is 30.3 Å². The maximum absolute atomic E-state index is 11.9. The fraction of sp³-hybridized carbons (Fsp3) is 0.467. The lowest BCUT2D eigenvalue weighted by Crippen LogP contribution is -2.45. The molecule has 2 unspecified atom stereocenters. The standard InChI is InChI=1S/C15H21N3O3/c1-18-9-5-8-12(18)10-16-15(21)17-13(14(19)20)11-6-3-2-4-7-11/h2-4,6-7,12-13H,5,8-10H2,1H3,(H,19,20)(H2,16,17,21). The number of benzene rings is 1. The van der Waals surface area contributed by atoms with E-state index in [1.165, 1.54) is 0 Å². The SMILES string of the molecule is CN1CCCC1CNC(=O)NC(C(=O)O)c1ccccc1. The van der Waals surface area contributed by atoms with Crippen LogP contribution in [-0.4, -0.2) is 48.2 Å². The first-order valence-electron chi connectivity index (χ1n) is 7.10. The summed E-state index contributed by atoms with van der Waals surface area (Å²) in [5, 5.41) is 14.5. The molecule has 2 amide bonds. The molecular formula is C15H21N3O3. The Kier molecular flexibility index (Phi) is 5.16. The lowest BCUT2D eigenvalue weighted by molar-refractivity contribution is -0.139. The summed E-state index contributed by atoms with van der Waals surface area (Å²) in [6.45, 7) is 1.57. The second-order valence-corrected chi connectivity index (χ2v) is 5.31. The number of carbonyl (C=O) groups is 2. The molecule has 0 aromatic heterocycles. The van der Waals surface area contributed by atoms with Gasteiger partial charge in [0.25, 0.3) is 0 Å². The lowest BCUT2D eigenvalue weighted by atomic mass is 10.1. The number of carboxylic acid groups (broad SMARTS) is 1. The van der Waals surface area contributed by atoms with Crippen LogP contribution in [-0.2, 0) is 4.79 Å². The number of rotatable bonds is 5. The number of nitrogens with one attached hydrogen (secondary N) is 2. The number of carboxylic acids is 1. The van der Waals surface area contributed by atoms with Gasteiger partial charge in [0.15, 0.2) is 6.04 Å². The van der Waals surface area contributed by atoms with Crippen LogP contribution in [0.3, 0.4) is 0 Å². The van der Waals surface area contributed by atoms with E-state index in [0.717, 1.165) is 19.4 Å². The topological polar surface area (TPSA) is 81.7 Å². The molecule has 0 saturated carbocycles. The van der Waals surface area contributed by atoms with Gasteiger partial charge in [-0.15, -0.1) is 0 Å². The Bertz CT molecular complexity index is 492. The fourth-order valence-corrected chi connectivity index (χ4v) is 2.56. The van der Waals surface area contributed by atoms with Crippen molar-refractivity contribution in [2.45, 2.75) is 24.9 Å². The molecule has 0 spiro atoms. The van der Waals surface area contributed by atoms with Gasteiger partial charge in [-0.2, -0.15) is 0 Å².